The summed E-state index contributed by atoms with van der Waals surface area (Å²) in [6, 6.07) is 8.06. The molecule has 1 amide bonds. The van der Waals surface area contributed by atoms with E-state index in [0.717, 1.165) is 0 Å². The van der Waals surface area contributed by atoms with Crippen molar-refractivity contribution in [3.8, 4) is 5.75 Å². The molecule has 0 aliphatic heterocycles. The molecule has 0 spiro atoms. The second kappa shape index (κ2) is 12.2. The largest absolute Gasteiger partial charge is 0.516 e. The number of benzene rings is 1. The first kappa shape index (κ1) is 26.3. The lowest BCUT2D eigenvalue weighted by atomic mass is 9.88. The fourth-order valence-corrected chi connectivity index (χ4v) is 3.14. The van der Waals surface area contributed by atoms with Gasteiger partial charge >= 0.3 is 12.1 Å². The van der Waals surface area contributed by atoms with Crippen LogP contribution in [0.1, 0.15) is 27.2 Å². The Labute approximate surface area is 180 Å². The van der Waals surface area contributed by atoms with Crippen LogP contribution in [-0.4, -0.2) is 63.4 Å². The highest BCUT2D eigenvalue weighted by atomic mass is 32.2. The molecule has 0 aromatic heterocycles. The van der Waals surface area contributed by atoms with Crippen molar-refractivity contribution in [3.63, 3.8) is 0 Å². The van der Waals surface area contributed by atoms with Gasteiger partial charge in [0.1, 0.15) is 5.75 Å². The molecule has 174 valence electrons. The number of ether oxygens (including phenoxy) is 3. The van der Waals surface area contributed by atoms with E-state index in [1.54, 1.807) is 18.2 Å². The lowest BCUT2D eigenvalue weighted by Gasteiger charge is -2.28. The van der Waals surface area contributed by atoms with Crippen LogP contribution in [0.2, 0.25) is 0 Å². The van der Waals surface area contributed by atoms with E-state index in [2.05, 4.69) is 14.8 Å². The summed E-state index contributed by atoms with van der Waals surface area (Å²) in [5.74, 6) is -1.53. The van der Waals surface area contributed by atoms with E-state index in [-0.39, 0.29) is 30.4 Å². The number of carbonyl (C=O) groups excluding carboxylic acids is 3. The van der Waals surface area contributed by atoms with Gasteiger partial charge in [-0.2, -0.15) is 8.42 Å². The lowest BCUT2D eigenvalue weighted by molar-refractivity contribution is -0.170. The molecule has 0 radical (unpaired) electrons. The van der Waals surface area contributed by atoms with Crippen molar-refractivity contribution in [1.29, 1.82) is 0 Å². The van der Waals surface area contributed by atoms with Gasteiger partial charge in [0.2, 0.25) is 12.7 Å². The minimum Gasteiger partial charge on any atom is -0.426 e. The third-order valence-corrected chi connectivity index (χ3v) is 5.11. The predicted molar refractivity (Wildman–Crippen MR) is 107 cm³/mol. The van der Waals surface area contributed by atoms with Crippen LogP contribution in [0.15, 0.2) is 30.3 Å². The van der Waals surface area contributed by atoms with Gasteiger partial charge in [-0.3, -0.25) is 8.98 Å². The molecule has 11 nitrogen and oxygen atoms in total. The molecule has 2 N–H and O–H groups in total. The Bertz CT molecular complexity index is 839. The first-order valence-electron chi connectivity index (χ1n) is 9.29. The van der Waals surface area contributed by atoms with Crippen LogP contribution in [0.5, 0.6) is 5.75 Å². The van der Waals surface area contributed by atoms with Gasteiger partial charge in [0.25, 0.3) is 10.1 Å². The monoisotopic (exact) mass is 461 g/mol. The van der Waals surface area contributed by atoms with E-state index in [1.807, 2.05) is 0 Å². The summed E-state index contributed by atoms with van der Waals surface area (Å²) in [6.45, 7) is 2.98. The number of nitrogens with one attached hydrogen (secondary N) is 1. The fourth-order valence-electron chi connectivity index (χ4n) is 2.04. The molecular weight excluding hydrogens is 434 g/mol. The molecule has 1 rings (SSSR count). The fraction of sp³-hybridized carbons (Fsp3) is 0.526. The zero-order valence-corrected chi connectivity index (χ0v) is 18.3. The molecule has 1 aromatic carbocycles. The number of para-hydroxylation sites is 1. The summed E-state index contributed by atoms with van der Waals surface area (Å²) in [5, 5.41) is 12.6. The van der Waals surface area contributed by atoms with Gasteiger partial charge in [0.05, 0.1) is 12.4 Å². The topological polar surface area (TPSA) is 155 Å². The highest BCUT2D eigenvalue weighted by Gasteiger charge is 2.36. The third kappa shape index (κ3) is 10.8. The van der Waals surface area contributed by atoms with Crippen LogP contribution in [0.3, 0.4) is 0 Å². The maximum absolute atomic E-state index is 12.0. The first-order valence-corrected chi connectivity index (χ1v) is 10.9. The van der Waals surface area contributed by atoms with Crippen LogP contribution in [0.25, 0.3) is 0 Å². The van der Waals surface area contributed by atoms with E-state index in [9.17, 15) is 27.9 Å². The van der Waals surface area contributed by atoms with Crippen molar-refractivity contribution in [1.82, 2.24) is 5.32 Å². The van der Waals surface area contributed by atoms with Crippen LogP contribution in [0, 0.1) is 5.41 Å². The predicted octanol–water partition coefficient (Wildman–Crippen LogP) is 0.962. The molecule has 1 atom stereocenters. The standard InChI is InChI=1S/C19H27NO10S/c1-14(21)20-10-7-11-31(25,26)29-12-19(2,3)16(22)17(23)27-13-28-18(24)30-15-8-5-4-6-9-15/h4-6,8-9,16,22H,7,10-13H2,1-3H3,(H,20,21)/t16-/m0/s1. The Morgan fingerprint density at radius 1 is 1.13 bits per heavy atom. The second-order valence-electron chi connectivity index (χ2n) is 7.14. The first-order chi connectivity index (χ1) is 14.4. The van der Waals surface area contributed by atoms with Gasteiger partial charge < -0.3 is 24.6 Å². The van der Waals surface area contributed by atoms with E-state index in [1.165, 1.54) is 32.9 Å². The average molecular weight is 461 g/mol. The van der Waals surface area contributed by atoms with Crippen LogP contribution < -0.4 is 10.1 Å². The molecule has 0 heterocycles. The molecule has 0 saturated heterocycles. The summed E-state index contributed by atoms with van der Waals surface area (Å²) in [5.41, 5.74) is -1.33. The molecule has 12 heteroatoms. The molecule has 1 aromatic rings. The molecule has 31 heavy (non-hydrogen) atoms. The number of esters is 1. The molecule has 0 aliphatic rings. The van der Waals surface area contributed by atoms with Gasteiger partial charge in [0.15, 0.2) is 6.10 Å². The second-order valence-corrected chi connectivity index (χ2v) is 8.90. The number of amides is 1. The Morgan fingerprint density at radius 2 is 1.77 bits per heavy atom. The van der Waals surface area contributed by atoms with Gasteiger partial charge in [-0.1, -0.05) is 32.0 Å². The maximum atomic E-state index is 12.0. The highest BCUT2D eigenvalue weighted by Crippen LogP contribution is 2.23. The number of hydrogen-bond donors (Lipinski definition) is 2. The van der Waals surface area contributed by atoms with E-state index < -0.39 is 47.2 Å². The quantitative estimate of drug-likeness (QED) is 0.151. The third-order valence-electron chi connectivity index (χ3n) is 3.84. The smallest absolute Gasteiger partial charge is 0.426 e. The van der Waals surface area contributed by atoms with E-state index >= 15 is 0 Å². The van der Waals surface area contributed by atoms with Gasteiger partial charge in [-0.05, 0) is 18.6 Å². The summed E-state index contributed by atoms with van der Waals surface area (Å²) in [7, 11) is -3.93. The Balaban J connectivity index is 2.39. The van der Waals surface area contributed by atoms with Crippen molar-refractivity contribution in [2.75, 3.05) is 25.7 Å². The Kier molecular flexibility index (Phi) is 10.4. The SMILES string of the molecule is CC(=O)NCCCS(=O)(=O)OCC(C)(C)[C@@H](O)C(=O)OCOC(=O)Oc1ccccc1. The molecule has 0 saturated carbocycles. The number of hydrogen-bond acceptors (Lipinski definition) is 10. The summed E-state index contributed by atoms with van der Waals surface area (Å²) < 4.78 is 42.8. The van der Waals surface area contributed by atoms with Gasteiger partial charge in [-0.15, -0.1) is 0 Å². The van der Waals surface area contributed by atoms with Crippen molar-refractivity contribution in [2.45, 2.75) is 33.3 Å². The van der Waals surface area contributed by atoms with Crippen molar-refractivity contribution >= 4 is 28.1 Å². The van der Waals surface area contributed by atoms with Crippen molar-refractivity contribution < 1.29 is 46.3 Å². The number of carbonyl (C=O) groups is 3. The molecule has 0 fully saturated rings. The summed E-state index contributed by atoms with van der Waals surface area (Å²) in [4.78, 5) is 34.3. The van der Waals surface area contributed by atoms with E-state index in [4.69, 9.17) is 8.92 Å². The van der Waals surface area contributed by atoms with Gasteiger partial charge in [-0.25, -0.2) is 9.59 Å². The van der Waals surface area contributed by atoms with Crippen LogP contribution >= 0.6 is 0 Å². The minimum absolute atomic E-state index is 0.142. The number of aliphatic hydroxyl groups excluding tert-OH is 1. The number of aliphatic hydroxyl groups is 1. The van der Waals surface area contributed by atoms with Crippen LogP contribution in [-0.2, 0) is 33.4 Å². The Hall–Kier alpha value is -2.70. The molecule has 0 aliphatic carbocycles. The van der Waals surface area contributed by atoms with Gasteiger partial charge in [0, 0.05) is 18.9 Å². The summed E-state index contributed by atoms with van der Waals surface area (Å²) in [6.07, 6.45) is -2.72. The van der Waals surface area contributed by atoms with E-state index in [0.29, 0.717) is 0 Å². The molecular formula is C19H27NO10S. The maximum Gasteiger partial charge on any atom is 0.516 e. The number of rotatable bonds is 12. The van der Waals surface area contributed by atoms with Crippen LogP contribution in [0.4, 0.5) is 4.79 Å². The highest BCUT2D eigenvalue weighted by molar-refractivity contribution is 7.86. The van der Waals surface area contributed by atoms with Crippen molar-refractivity contribution in [3.05, 3.63) is 30.3 Å². The summed E-state index contributed by atoms with van der Waals surface area (Å²) >= 11 is 0. The zero-order valence-electron chi connectivity index (χ0n) is 17.5. The van der Waals surface area contributed by atoms with Crippen molar-refractivity contribution in [2.24, 2.45) is 5.41 Å². The average Bonchev–Trinajstić information content (AvgIpc) is 2.70. The normalized spacial score (nSPS) is 12.5. The minimum atomic E-state index is -3.93. The molecule has 0 unspecified atom stereocenters. The zero-order chi connectivity index (χ0) is 23.5. The lowest BCUT2D eigenvalue weighted by Crippen LogP contribution is -2.42. The Morgan fingerprint density at radius 3 is 2.39 bits per heavy atom. The molecule has 0 bridgehead atoms.